The minimum Gasteiger partial charge on any atom is -0.481 e. The Morgan fingerprint density at radius 2 is 1.25 bits per heavy atom. The van der Waals surface area contributed by atoms with E-state index >= 15 is 0 Å². The number of hydrogen-bond acceptors (Lipinski definition) is 11. The third kappa shape index (κ3) is 12.4. The van der Waals surface area contributed by atoms with Gasteiger partial charge in [0.25, 0.3) is 5.97 Å². The third-order valence-corrected chi connectivity index (χ3v) is 12.6. The van der Waals surface area contributed by atoms with Crippen molar-refractivity contribution in [2.75, 3.05) is 31.7 Å². The Labute approximate surface area is 412 Å². The summed E-state index contributed by atoms with van der Waals surface area (Å²) < 4.78 is 27.7. The van der Waals surface area contributed by atoms with Crippen LogP contribution in [0.2, 0.25) is 0 Å². The monoisotopic (exact) mass is 1070 g/mol. The van der Waals surface area contributed by atoms with Crippen LogP contribution in [0, 0.1) is 16.0 Å². The smallest absolute Gasteiger partial charge is 0.335 e. The van der Waals surface area contributed by atoms with Crippen molar-refractivity contribution in [1.82, 2.24) is 19.1 Å². The lowest BCUT2D eigenvalue weighted by Crippen LogP contribution is -2.28. The average Bonchev–Trinajstić information content (AvgIpc) is 3.78. The maximum Gasteiger partial charge on any atom is 0.335 e. The van der Waals surface area contributed by atoms with Crippen molar-refractivity contribution in [3.63, 3.8) is 0 Å². The van der Waals surface area contributed by atoms with Crippen molar-refractivity contribution < 1.29 is 38.6 Å². The normalized spacial score (nSPS) is 13.9. The molecule has 2 aliphatic rings. The van der Waals surface area contributed by atoms with Crippen LogP contribution in [0.15, 0.2) is 128 Å². The van der Waals surface area contributed by atoms with E-state index in [2.05, 4.69) is 42.2 Å². The molecule has 0 saturated carbocycles. The molecule has 4 aromatic carbocycles. The van der Waals surface area contributed by atoms with Crippen molar-refractivity contribution in [2.45, 2.75) is 38.5 Å². The Hall–Kier alpha value is -6.93. The lowest BCUT2D eigenvalue weighted by atomic mass is 9.99. The van der Waals surface area contributed by atoms with Gasteiger partial charge in [-0.05, 0) is 118 Å². The van der Waals surface area contributed by atoms with E-state index in [1.807, 2.05) is 48.7 Å². The second kappa shape index (κ2) is 22.9. The number of carbonyl (C=O) groups excluding carboxylic acids is 1. The molecule has 0 aliphatic carbocycles. The summed E-state index contributed by atoms with van der Waals surface area (Å²) in [5.41, 5.74) is 3.83. The van der Waals surface area contributed by atoms with Gasteiger partial charge in [-0.1, -0.05) is 24.3 Å². The standard InChI is InChI=1S/C24H22BrN3O6.C24H22BrN3O3.C2H4O2/c1-27-14-16(6-9-21(27)29)17-7-8-19(26-24(30)15-10-12-33-13-11-15)22(28(31)32)23(17)34-20-5-3-2-4-18(20)25;1-28-14-16(6-9-21(28)29)17-7-8-19-22(23(17)31-20-5-3-2-4-18(20)25)27-24(26-19)15-10-12-30-13-11-15;1-2(3)4/h2-9,14-15H,10-13H2,1H3,(H,26,30);2-9,14-15H,10-13H2,1H3,(H,26,27);1H3,(H,3,4). The van der Waals surface area contributed by atoms with Crippen LogP contribution in [0.5, 0.6) is 23.0 Å². The summed E-state index contributed by atoms with van der Waals surface area (Å²) in [4.78, 5) is 65.8. The van der Waals surface area contributed by atoms with Gasteiger partial charge in [-0.3, -0.25) is 29.3 Å². The third-order valence-electron chi connectivity index (χ3n) is 11.3. The predicted octanol–water partition coefficient (Wildman–Crippen LogP) is 10.3. The molecule has 19 heteroatoms. The van der Waals surface area contributed by atoms with Crippen LogP contribution in [-0.4, -0.2) is 67.4 Å². The van der Waals surface area contributed by atoms with Gasteiger partial charge in [0.2, 0.25) is 22.8 Å². The summed E-state index contributed by atoms with van der Waals surface area (Å²) in [5.74, 6) is 1.59. The first-order valence-corrected chi connectivity index (χ1v) is 23.5. The fraction of sp³-hybridized carbons (Fsp3) is 0.260. The molecule has 2 fully saturated rings. The van der Waals surface area contributed by atoms with Crippen LogP contribution in [0.3, 0.4) is 0 Å². The number of pyridine rings is 2. The van der Waals surface area contributed by atoms with Gasteiger partial charge in [-0.15, -0.1) is 0 Å². The number of amides is 1. The highest BCUT2D eigenvalue weighted by molar-refractivity contribution is 9.11. The summed E-state index contributed by atoms with van der Waals surface area (Å²) in [6.07, 6.45) is 6.41. The number of nitro benzene ring substituents is 1. The van der Waals surface area contributed by atoms with E-state index in [0.29, 0.717) is 64.8 Å². The predicted molar refractivity (Wildman–Crippen MR) is 267 cm³/mol. The molecule has 17 nitrogen and oxygen atoms in total. The first kappa shape index (κ1) is 50.0. The lowest BCUT2D eigenvalue weighted by Gasteiger charge is -2.21. The number of aromatic amines is 1. The number of carboxylic acid groups (broad SMARTS) is 1. The fourth-order valence-electron chi connectivity index (χ4n) is 7.72. The number of nitrogens with zero attached hydrogens (tertiary/aromatic N) is 4. The van der Waals surface area contributed by atoms with E-state index in [-0.39, 0.29) is 40.1 Å². The number of carbonyl (C=O) groups is 2. The molecule has 358 valence electrons. The second-order valence-corrected chi connectivity index (χ2v) is 17.8. The minimum atomic E-state index is -0.833. The maximum absolute atomic E-state index is 12.8. The van der Waals surface area contributed by atoms with Crippen LogP contribution < -0.4 is 25.9 Å². The topological polar surface area (TPSA) is 219 Å². The number of aliphatic carboxylic acids is 1. The lowest BCUT2D eigenvalue weighted by molar-refractivity contribution is -0.384. The number of nitrogens with one attached hydrogen (secondary N) is 2. The molecule has 0 bridgehead atoms. The first-order chi connectivity index (χ1) is 33.2. The number of carboxylic acids is 1. The van der Waals surface area contributed by atoms with Crippen LogP contribution in [0.4, 0.5) is 11.4 Å². The molecule has 1 amide bonds. The van der Waals surface area contributed by atoms with Gasteiger partial charge >= 0.3 is 5.69 Å². The molecule has 2 saturated heterocycles. The zero-order valence-electron chi connectivity index (χ0n) is 37.8. The van der Waals surface area contributed by atoms with Gasteiger partial charge < -0.3 is 43.5 Å². The van der Waals surface area contributed by atoms with Gasteiger partial charge in [0, 0.05) is 106 Å². The number of ether oxygens (including phenoxy) is 4. The number of nitro groups is 1. The largest absolute Gasteiger partial charge is 0.481 e. The van der Waals surface area contributed by atoms with Gasteiger partial charge in [-0.25, -0.2) is 4.98 Å². The first-order valence-electron chi connectivity index (χ1n) is 21.9. The van der Waals surface area contributed by atoms with Gasteiger partial charge in [0.05, 0.1) is 19.4 Å². The van der Waals surface area contributed by atoms with Crippen LogP contribution in [0.1, 0.15) is 44.3 Å². The molecule has 7 aromatic rings. The summed E-state index contributed by atoms with van der Waals surface area (Å²) in [6.45, 7) is 3.54. The number of H-pyrrole nitrogens is 1. The molecule has 3 aromatic heterocycles. The second-order valence-electron chi connectivity index (χ2n) is 16.1. The Morgan fingerprint density at radius 1 is 0.754 bits per heavy atom. The number of hydrogen-bond donors (Lipinski definition) is 3. The van der Waals surface area contributed by atoms with E-state index in [0.717, 1.165) is 65.4 Å². The van der Waals surface area contributed by atoms with E-state index in [1.165, 1.54) is 16.7 Å². The van der Waals surface area contributed by atoms with Crippen LogP contribution >= 0.6 is 31.9 Å². The highest BCUT2D eigenvalue weighted by Crippen LogP contribution is 2.47. The molecule has 5 heterocycles. The Balaban J connectivity index is 0.000000190. The minimum absolute atomic E-state index is 0.0390. The molecule has 9 rings (SSSR count). The van der Waals surface area contributed by atoms with Crippen molar-refractivity contribution in [1.29, 1.82) is 0 Å². The molecule has 2 aliphatic heterocycles. The number of rotatable bonds is 10. The zero-order chi connectivity index (χ0) is 49.2. The van der Waals surface area contributed by atoms with Gasteiger partial charge in [0.15, 0.2) is 5.75 Å². The van der Waals surface area contributed by atoms with E-state index in [4.69, 9.17) is 33.8 Å². The number of halogens is 2. The fourth-order valence-corrected chi connectivity index (χ4v) is 8.46. The number of imidazole rings is 1. The molecule has 0 unspecified atom stereocenters. The summed E-state index contributed by atoms with van der Waals surface area (Å²) in [6, 6.07) is 28.2. The average molecular weight is 1070 g/mol. The number of fused-ring (bicyclic) bond motifs is 1. The SMILES string of the molecule is CC(=O)O.Cn1cc(-c2ccc(NC(=O)C3CCOCC3)c([N+](=O)[O-])c2Oc2ccccc2Br)ccc1=O.Cn1cc(-c2ccc3[nH]c(C4CCOCC4)nc3c2Oc2ccccc2Br)ccc1=O. The van der Waals surface area contributed by atoms with Gasteiger partial charge in [0.1, 0.15) is 28.5 Å². The molecule has 0 spiro atoms. The van der Waals surface area contributed by atoms with E-state index in [1.54, 1.807) is 67.3 Å². The van der Waals surface area contributed by atoms with E-state index < -0.39 is 10.9 Å². The van der Waals surface area contributed by atoms with Gasteiger partial charge in [-0.2, -0.15) is 0 Å². The highest BCUT2D eigenvalue weighted by atomic mass is 79.9. The quantitative estimate of drug-likeness (QED) is 0.0861. The molecule has 0 radical (unpaired) electrons. The number of aryl methyl sites for hydroxylation is 2. The molecule has 0 atom stereocenters. The Kier molecular flexibility index (Phi) is 16.6. The molecular weight excluding hydrogens is 1020 g/mol. The molecule has 3 N–H and O–H groups in total. The summed E-state index contributed by atoms with van der Waals surface area (Å²) in [5, 5.41) is 22.4. The van der Waals surface area contributed by atoms with Crippen LogP contribution in [-0.2, 0) is 33.2 Å². The maximum atomic E-state index is 12.8. The van der Waals surface area contributed by atoms with Crippen molar-refractivity contribution in [2.24, 2.45) is 20.0 Å². The summed E-state index contributed by atoms with van der Waals surface area (Å²) in [7, 11) is 3.34. The summed E-state index contributed by atoms with van der Waals surface area (Å²) >= 11 is 6.98. The molecule has 69 heavy (non-hydrogen) atoms. The van der Waals surface area contributed by atoms with Crippen molar-refractivity contribution in [3.8, 4) is 45.3 Å². The van der Waals surface area contributed by atoms with Crippen LogP contribution in [0.25, 0.3) is 33.3 Å². The number of benzene rings is 4. The zero-order valence-corrected chi connectivity index (χ0v) is 41.0. The van der Waals surface area contributed by atoms with Crippen molar-refractivity contribution in [3.05, 3.63) is 155 Å². The molecular formula is C50H48Br2N6O11. The van der Waals surface area contributed by atoms with E-state index in [9.17, 15) is 24.5 Å². The number of aromatic nitrogens is 4. The number of para-hydroxylation sites is 2. The Bertz CT molecular complexity index is 3120. The Morgan fingerprint density at radius 3 is 1.77 bits per heavy atom. The van der Waals surface area contributed by atoms with Crippen molar-refractivity contribution >= 4 is 66.1 Å². The number of anilines is 1. The highest BCUT2D eigenvalue weighted by Gasteiger charge is 2.30.